The van der Waals surface area contributed by atoms with Gasteiger partial charge in [-0.3, -0.25) is 0 Å². The Bertz CT molecular complexity index is 359. The van der Waals surface area contributed by atoms with Crippen molar-refractivity contribution >= 4 is 0 Å². The molecule has 0 saturated heterocycles. The predicted molar refractivity (Wildman–Crippen MR) is 79.5 cm³/mol. The first-order chi connectivity index (χ1) is 9.02. The molecule has 0 heterocycles. The molecule has 1 aromatic carbocycles. The highest BCUT2D eigenvalue weighted by molar-refractivity contribution is 5.29. The summed E-state index contributed by atoms with van der Waals surface area (Å²) in [5, 5.41) is 10.2. The summed E-state index contributed by atoms with van der Waals surface area (Å²) in [7, 11) is 2.06. The number of rotatable bonds is 8. The van der Waals surface area contributed by atoms with E-state index in [2.05, 4.69) is 44.0 Å². The van der Waals surface area contributed by atoms with Gasteiger partial charge in [-0.05, 0) is 39.8 Å². The third-order valence-corrected chi connectivity index (χ3v) is 3.23. The fourth-order valence-electron chi connectivity index (χ4n) is 2.19. The maximum absolute atomic E-state index is 10.2. The Kier molecular flexibility index (Phi) is 7.06. The van der Waals surface area contributed by atoms with Crippen molar-refractivity contribution in [2.75, 3.05) is 33.4 Å². The van der Waals surface area contributed by atoms with Gasteiger partial charge in [0.25, 0.3) is 0 Å². The summed E-state index contributed by atoms with van der Waals surface area (Å²) in [5.74, 6) is 0. The molecule has 3 nitrogen and oxygen atoms in total. The molecule has 0 aromatic heterocycles. The second kappa shape index (κ2) is 8.31. The molecule has 0 bridgehead atoms. The van der Waals surface area contributed by atoms with Crippen LogP contribution in [0.2, 0.25) is 0 Å². The predicted octanol–water partition coefficient (Wildman–Crippen LogP) is 2.70. The Morgan fingerprint density at radius 2 is 1.79 bits per heavy atom. The summed E-state index contributed by atoms with van der Waals surface area (Å²) >= 11 is 0. The van der Waals surface area contributed by atoms with Crippen LogP contribution in [0.15, 0.2) is 18.2 Å². The maximum Gasteiger partial charge on any atom is 0.0802 e. The van der Waals surface area contributed by atoms with Crippen molar-refractivity contribution in [2.24, 2.45) is 0 Å². The summed E-state index contributed by atoms with van der Waals surface area (Å²) in [6, 6.07) is 6.26. The summed E-state index contributed by atoms with van der Waals surface area (Å²) in [5.41, 5.74) is 3.44. The van der Waals surface area contributed by atoms with E-state index in [9.17, 15) is 5.11 Å². The summed E-state index contributed by atoms with van der Waals surface area (Å²) in [6.07, 6.45) is 0.374. The molecule has 108 valence electrons. The highest BCUT2D eigenvalue weighted by Gasteiger charge is 2.09. The Morgan fingerprint density at radius 1 is 1.16 bits per heavy atom. The van der Waals surface area contributed by atoms with Crippen molar-refractivity contribution in [2.45, 2.75) is 33.3 Å². The molecule has 0 saturated carbocycles. The van der Waals surface area contributed by atoms with E-state index >= 15 is 0 Å². The van der Waals surface area contributed by atoms with Crippen LogP contribution in [0.1, 0.15) is 36.1 Å². The van der Waals surface area contributed by atoms with Crippen LogP contribution >= 0.6 is 0 Å². The molecule has 1 N–H and O–H groups in total. The highest BCUT2D eigenvalue weighted by Crippen LogP contribution is 2.19. The average molecular weight is 265 g/mol. The molecule has 1 atom stereocenters. The lowest BCUT2D eigenvalue weighted by atomic mass is 10.0. The molecule has 0 amide bonds. The standard InChI is InChI=1S/C16H27NO2/c1-5-19-9-8-17(4)7-6-16(18)15-11-13(2)10-14(3)12-15/h10-12,16,18H,5-9H2,1-4H3. The van der Waals surface area contributed by atoms with Gasteiger partial charge in [-0.25, -0.2) is 0 Å². The van der Waals surface area contributed by atoms with Crippen LogP contribution in [0.5, 0.6) is 0 Å². The number of nitrogens with zero attached hydrogens (tertiary/aromatic N) is 1. The zero-order chi connectivity index (χ0) is 14.3. The van der Waals surface area contributed by atoms with E-state index < -0.39 is 0 Å². The number of hydrogen-bond donors (Lipinski definition) is 1. The molecule has 0 fully saturated rings. The van der Waals surface area contributed by atoms with E-state index in [-0.39, 0.29) is 6.10 Å². The quantitative estimate of drug-likeness (QED) is 0.734. The number of aliphatic hydroxyl groups excluding tert-OH is 1. The van der Waals surface area contributed by atoms with Crippen LogP contribution < -0.4 is 0 Å². The van der Waals surface area contributed by atoms with Crippen LogP contribution in [0.25, 0.3) is 0 Å². The maximum atomic E-state index is 10.2. The first kappa shape index (κ1) is 16.2. The monoisotopic (exact) mass is 265 g/mol. The average Bonchev–Trinajstić information content (AvgIpc) is 2.35. The third kappa shape index (κ3) is 6.19. The van der Waals surface area contributed by atoms with Crippen molar-refractivity contribution in [3.8, 4) is 0 Å². The van der Waals surface area contributed by atoms with Crippen LogP contribution in [0, 0.1) is 13.8 Å². The van der Waals surface area contributed by atoms with Gasteiger partial charge in [-0.2, -0.15) is 0 Å². The van der Waals surface area contributed by atoms with Gasteiger partial charge in [0.15, 0.2) is 0 Å². The lowest BCUT2D eigenvalue weighted by molar-refractivity contribution is 0.108. The minimum atomic E-state index is -0.381. The molecule has 0 spiro atoms. The molecule has 0 aliphatic heterocycles. The first-order valence-corrected chi connectivity index (χ1v) is 7.05. The molecule has 0 radical (unpaired) electrons. The smallest absolute Gasteiger partial charge is 0.0802 e. The molecule has 0 aliphatic rings. The Balaban J connectivity index is 2.39. The Labute approximate surface area is 117 Å². The number of ether oxygens (including phenoxy) is 1. The van der Waals surface area contributed by atoms with Crippen molar-refractivity contribution in [1.29, 1.82) is 0 Å². The minimum Gasteiger partial charge on any atom is -0.388 e. The molecular weight excluding hydrogens is 238 g/mol. The van der Waals surface area contributed by atoms with Gasteiger partial charge in [-0.15, -0.1) is 0 Å². The fraction of sp³-hybridized carbons (Fsp3) is 0.625. The normalized spacial score (nSPS) is 12.9. The van der Waals surface area contributed by atoms with Gasteiger partial charge in [0, 0.05) is 19.7 Å². The third-order valence-electron chi connectivity index (χ3n) is 3.23. The largest absolute Gasteiger partial charge is 0.388 e. The lowest BCUT2D eigenvalue weighted by Gasteiger charge is -2.19. The second-order valence-corrected chi connectivity index (χ2v) is 5.23. The molecule has 1 unspecified atom stereocenters. The number of likely N-dealkylation sites (N-methyl/N-ethyl adjacent to an activating group) is 1. The molecular formula is C16H27NO2. The van der Waals surface area contributed by atoms with E-state index in [0.717, 1.165) is 38.3 Å². The molecule has 1 aromatic rings. The Hall–Kier alpha value is -0.900. The number of aryl methyl sites for hydroxylation is 2. The molecule has 3 heteroatoms. The van der Waals surface area contributed by atoms with Crippen LogP contribution in [0.4, 0.5) is 0 Å². The second-order valence-electron chi connectivity index (χ2n) is 5.23. The van der Waals surface area contributed by atoms with Crippen LogP contribution in [-0.2, 0) is 4.74 Å². The summed E-state index contributed by atoms with van der Waals surface area (Å²) in [4.78, 5) is 2.20. The number of aliphatic hydroxyl groups is 1. The SMILES string of the molecule is CCOCCN(C)CCC(O)c1cc(C)cc(C)c1. The number of benzene rings is 1. The van der Waals surface area contributed by atoms with Gasteiger partial charge < -0.3 is 14.7 Å². The van der Waals surface area contributed by atoms with Gasteiger partial charge in [0.2, 0.25) is 0 Å². The van der Waals surface area contributed by atoms with E-state index in [4.69, 9.17) is 4.74 Å². The van der Waals surface area contributed by atoms with Crippen molar-refractivity contribution in [3.05, 3.63) is 34.9 Å². The van der Waals surface area contributed by atoms with Crippen LogP contribution in [-0.4, -0.2) is 43.4 Å². The number of hydrogen-bond acceptors (Lipinski definition) is 3. The van der Waals surface area contributed by atoms with E-state index in [1.807, 2.05) is 6.92 Å². The van der Waals surface area contributed by atoms with E-state index in [1.165, 1.54) is 11.1 Å². The van der Waals surface area contributed by atoms with Crippen molar-refractivity contribution < 1.29 is 9.84 Å². The molecule has 19 heavy (non-hydrogen) atoms. The zero-order valence-corrected chi connectivity index (χ0v) is 12.6. The summed E-state index contributed by atoms with van der Waals surface area (Å²) in [6.45, 7) is 9.44. The van der Waals surface area contributed by atoms with Crippen LogP contribution in [0.3, 0.4) is 0 Å². The van der Waals surface area contributed by atoms with Crippen molar-refractivity contribution in [3.63, 3.8) is 0 Å². The minimum absolute atomic E-state index is 0.381. The lowest BCUT2D eigenvalue weighted by Crippen LogP contribution is -2.25. The Morgan fingerprint density at radius 3 is 2.37 bits per heavy atom. The highest BCUT2D eigenvalue weighted by atomic mass is 16.5. The molecule has 0 aliphatic carbocycles. The van der Waals surface area contributed by atoms with Gasteiger partial charge in [0.05, 0.1) is 12.7 Å². The topological polar surface area (TPSA) is 32.7 Å². The fourth-order valence-corrected chi connectivity index (χ4v) is 2.19. The first-order valence-electron chi connectivity index (χ1n) is 7.05. The van der Waals surface area contributed by atoms with E-state index in [1.54, 1.807) is 0 Å². The van der Waals surface area contributed by atoms with Gasteiger partial charge in [0.1, 0.15) is 0 Å². The van der Waals surface area contributed by atoms with E-state index in [0.29, 0.717) is 0 Å². The summed E-state index contributed by atoms with van der Waals surface area (Å²) < 4.78 is 5.32. The molecule has 1 rings (SSSR count). The van der Waals surface area contributed by atoms with Crippen molar-refractivity contribution in [1.82, 2.24) is 4.90 Å². The zero-order valence-electron chi connectivity index (χ0n) is 12.6. The van der Waals surface area contributed by atoms with Gasteiger partial charge in [-0.1, -0.05) is 29.3 Å². The van der Waals surface area contributed by atoms with Gasteiger partial charge >= 0.3 is 0 Å².